The van der Waals surface area contributed by atoms with Crippen molar-refractivity contribution < 1.29 is 9.59 Å². The third-order valence-corrected chi connectivity index (χ3v) is 3.63. The van der Waals surface area contributed by atoms with Crippen molar-refractivity contribution in [2.24, 2.45) is 0 Å². The van der Waals surface area contributed by atoms with Crippen LogP contribution in [0.5, 0.6) is 0 Å². The molecular weight excluding hydrogens is 266 g/mol. The number of carbonyl (C=O) groups excluding carboxylic acids is 2. The van der Waals surface area contributed by atoms with Crippen LogP contribution in [0, 0.1) is 0 Å². The fourth-order valence-corrected chi connectivity index (χ4v) is 2.45. The van der Waals surface area contributed by atoms with E-state index < -0.39 is 0 Å². The number of hydrogen-bond acceptors (Lipinski definition) is 3. The lowest BCUT2D eigenvalue weighted by Gasteiger charge is -2.19. The van der Waals surface area contributed by atoms with Crippen molar-refractivity contribution in [1.82, 2.24) is 15.2 Å². The van der Waals surface area contributed by atoms with Gasteiger partial charge in [-0.1, -0.05) is 25.8 Å². The summed E-state index contributed by atoms with van der Waals surface area (Å²) in [5, 5.41) is 2.78. The summed E-state index contributed by atoms with van der Waals surface area (Å²) in [6, 6.07) is 5.05. The van der Waals surface area contributed by atoms with Crippen molar-refractivity contribution in [2.45, 2.75) is 39.0 Å². The Hall–Kier alpha value is -1.91. The zero-order valence-electron chi connectivity index (χ0n) is 12.6. The van der Waals surface area contributed by atoms with Crippen molar-refractivity contribution in [3.8, 4) is 0 Å². The molecule has 1 aliphatic rings. The number of pyridine rings is 1. The van der Waals surface area contributed by atoms with Crippen molar-refractivity contribution in [1.29, 1.82) is 0 Å². The van der Waals surface area contributed by atoms with Gasteiger partial charge in [-0.3, -0.25) is 9.59 Å². The average molecular weight is 289 g/mol. The Kier molecular flexibility index (Phi) is 5.72. The monoisotopic (exact) mass is 289 g/mol. The van der Waals surface area contributed by atoms with Crippen LogP contribution in [0.3, 0.4) is 0 Å². The van der Waals surface area contributed by atoms with Crippen LogP contribution in [-0.4, -0.2) is 41.3 Å². The van der Waals surface area contributed by atoms with Crippen LogP contribution >= 0.6 is 0 Å². The predicted octanol–water partition coefficient (Wildman–Crippen LogP) is 2.24. The minimum Gasteiger partial charge on any atom is -0.351 e. The van der Waals surface area contributed by atoms with E-state index in [2.05, 4.69) is 10.3 Å². The van der Waals surface area contributed by atoms with Gasteiger partial charge >= 0.3 is 0 Å². The third-order valence-electron chi connectivity index (χ3n) is 3.63. The molecule has 1 aromatic heterocycles. The molecule has 0 spiro atoms. The molecule has 0 saturated carbocycles. The standard InChI is InChI=1S/C16H23N3O2/c1-2-10-17-15(20)13-8-7-9-14(18-13)16(21)19-11-5-3-4-6-12-19/h7-9H,2-6,10-12H2,1H3,(H,17,20). The minimum atomic E-state index is -0.220. The predicted molar refractivity (Wildman–Crippen MR) is 81.2 cm³/mol. The van der Waals surface area contributed by atoms with Gasteiger partial charge in [0.05, 0.1) is 0 Å². The zero-order valence-corrected chi connectivity index (χ0v) is 12.6. The summed E-state index contributed by atoms with van der Waals surface area (Å²) in [5.74, 6) is -0.288. The van der Waals surface area contributed by atoms with Crippen molar-refractivity contribution >= 4 is 11.8 Å². The highest BCUT2D eigenvalue weighted by molar-refractivity contribution is 5.96. The molecule has 0 unspecified atom stereocenters. The summed E-state index contributed by atoms with van der Waals surface area (Å²) in [6.45, 7) is 4.18. The first-order valence-electron chi connectivity index (χ1n) is 7.77. The lowest BCUT2D eigenvalue weighted by Crippen LogP contribution is -2.33. The van der Waals surface area contributed by atoms with E-state index >= 15 is 0 Å². The van der Waals surface area contributed by atoms with E-state index in [9.17, 15) is 9.59 Å². The molecule has 0 bridgehead atoms. The van der Waals surface area contributed by atoms with E-state index in [0.717, 1.165) is 32.4 Å². The Balaban J connectivity index is 2.08. The van der Waals surface area contributed by atoms with Gasteiger partial charge in [-0.25, -0.2) is 4.98 Å². The summed E-state index contributed by atoms with van der Waals surface area (Å²) in [7, 11) is 0. The summed E-state index contributed by atoms with van der Waals surface area (Å²) in [4.78, 5) is 30.5. The van der Waals surface area contributed by atoms with Crippen molar-refractivity contribution in [3.63, 3.8) is 0 Å². The van der Waals surface area contributed by atoms with E-state index in [-0.39, 0.29) is 11.8 Å². The Morgan fingerprint density at radius 1 is 1.14 bits per heavy atom. The largest absolute Gasteiger partial charge is 0.351 e. The number of nitrogens with one attached hydrogen (secondary N) is 1. The quantitative estimate of drug-likeness (QED) is 0.924. The molecule has 5 nitrogen and oxygen atoms in total. The molecule has 2 amide bonds. The van der Waals surface area contributed by atoms with E-state index in [0.29, 0.717) is 17.9 Å². The molecule has 1 aromatic rings. The molecule has 1 fully saturated rings. The van der Waals surface area contributed by atoms with Crippen LogP contribution in [0.4, 0.5) is 0 Å². The molecule has 1 aliphatic heterocycles. The molecule has 0 aromatic carbocycles. The number of likely N-dealkylation sites (tertiary alicyclic amines) is 1. The summed E-state index contributed by atoms with van der Waals surface area (Å²) < 4.78 is 0. The van der Waals surface area contributed by atoms with Gasteiger partial charge in [-0.15, -0.1) is 0 Å². The Morgan fingerprint density at radius 2 is 1.81 bits per heavy atom. The van der Waals surface area contributed by atoms with Crippen LogP contribution in [0.2, 0.25) is 0 Å². The smallest absolute Gasteiger partial charge is 0.272 e. The maximum absolute atomic E-state index is 12.5. The summed E-state index contributed by atoms with van der Waals surface area (Å²) in [6.07, 6.45) is 5.32. The first-order chi connectivity index (χ1) is 10.2. The number of hydrogen-bond donors (Lipinski definition) is 1. The molecule has 2 rings (SSSR count). The van der Waals surface area contributed by atoms with Crippen molar-refractivity contribution in [2.75, 3.05) is 19.6 Å². The molecule has 21 heavy (non-hydrogen) atoms. The Bertz CT molecular complexity index is 494. The second kappa shape index (κ2) is 7.76. The first kappa shape index (κ1) is 15.5. The molecule has 1 saturated heterocycles. The molecule has 0 atom stereocenters. The zero-order chi connectivity index (χ0) is 15.1. The van der Waals surface area contributed by atoms with Gasteiger partial charge in [0, 0.05) is 19.6 Å². The normalized spacial score (nSPS) is 15.4. The van der Waals surface area contributed by atoms with Gasteiger partial charge in [-0.2, -0.15) is 0 Å². The van der Waals surface area contributed by atoms with Gasteiger partial charge in [0.25, 0.3) is 11.8 Å². The molecule has 114 valence electrons. The molecule has 0 aliphatic carbocycles. The van der Waals surface area contributed by atoms with Gasteiger partial charge in [0.1, 0.15) is 11.4 Å². The second-order valence-corrected chi connectivity index (χ2v) is 5.37. The fraction of sp³-hybridized carbons (Fsp3) is 0.562. The lowest BCUT2D eigenvalue weighted by atomic mass is 10.2. The maximum Gasteiger partial charge on any atom is 0.272 e. The number of carbonyl (C=O) groups is 2. The highest BCUT2D eigenvalue weighted by atomic mass is 16.2. The van der Waals surface area contributed by atoms with Crippen molar-refractivity contribution in [3.05, 3.63) is 29.6 Å². The number of rotatable bonds is 4. The number of aromatic nitrogens is 1. The highest BCUT2D eigenvalue weighted by Crippen LogP contribution is 2.12. The molecular formula is C16H23N3O2. The number of amides is 2. The number of nitrogens with zero attached hydrogens (tertiary/aromatic N) is 2. The SMILES string of the molecule is CCCNC(=O)c1cccc(C(=O)N2CCCCCC2)n1. The third kappa shape index (κ3) is 4.28. The molecule has 0 radical (unpaired) electrons. The van der Waals surface area contributed by atoms with Crippen LogP contribution in [0.15, 0.2) is 18.2 Å². The highest BCUT2D eigenvalue weighted by Gasteiger charge is 2.19. The topological polar surface area (TPSA) is 62.3 Å². The summed E-state index contributed by atoms with van der Waals surface area (Å²) in [5.41, 5.74) is 0.671. The second-order valence-electron chi connectivity index (χ2n) is 5.37. The van der Waals surface area contributed by atoms with E-state index in [1.807, 2.05) is 11.8 Å². The minimum absolute atomic E-state index is 0.0676. The average Bonchev–Trinajstić information content (AvgIpc) is 2.81. The van der Waals surface area contributed by atoms with Gasteiger partial charge < -0.3 is 10.2 Å². The molecule has 5 heteroatoms. The van der Waals surface area contributed by atoms with Gasteiger partial charge in [0.2, 0.25) is 0 Å². The maximum atomic E-state index is 12.5. The Labute approximate surface area is 125 Å². The van der Waals surface area contributed by atoms with Crippen LogP contribution < -0.4 is 5.32 Å². The summed E-state index contributed by atoms with van der Waals surface area (Å²) >= 11 is 0. The fourth-order valence-electron chi connectivity index (χ4n) is 2.45. The van der Waals surface area contributed by atoms with Crippen LogP contribution in [0.1, 0.15) is 60.0 Å². The Morgan fingerprint density at radius 3 is 2.48 bits per heavy atom. The first-order valence-corrected chi connectivity index (χ1v) is 7.77. The van der Waals surface area contributed by atoms with Gasteiger partial charge in [0.15, 0.2) is 0 Å². The van der Waals surface area contributed by atoms with Crippen LogP contribution in [-0.2, 0) is 0 Å². The van der Waals surface area contributed by atoms with E-state index in [4.69, 9.17) is 0 Å². The van der Waals surface area contributed by atoms with E-state index in [1.165, 1.54) is 12.8 Å². The lowest BCUT2D eigenvalue weighted by molar-refractivity contribution is 0.0755. The molecule has 1 N–H and O–H groups in total. The van der Waals surface area contributed by atoms with E-state index in [1.54, 1.807) is 18.2 Å². The van der Waals surface area contributed by atoms with Crippen LogP contribution in [0.25, 0.3) is 0 Å². The molecule has 2 heterocycles. The van der Waals surface area contributed by atoms with Gasteiger partial charge in [-0.05, 0) is 31.4 Å².